The van der Waals surface area contributed by atoms with E-state index in [0.29, 0.717) is 25.7 Å². The van der Waals surface area contributed by atoms with Crippen LogP contribution in [0.4, 0.5) is 0 Å². The minimum Gasteiger partial charge on any atom is -0.465 e. The minimum atomic E-state index is -4.83. The molecule has 0 spiro atoms. The van der Waals surface area contributed by atoms with E-state index in [1.807, 2.05) is 13.8 Å². The summed E-state index contributed by atoms with van der Waals surface area (Å²) in [7, 11) is -9.66. The second-order valence-corrected chi connectivity index (χ2v) is 9.78. The predicted octanol–water partition coefficient (Wildman–Crippen LogP) is 3.66. The Morgan fingerprint density at radius 3 is 1.62 bits per heavy atom. The van der Waals surface area contributed by atoms with E-state index in [9.17, 15) is 23.7 Å². The van der Waals surface area contributed by atoms with E-state index in [2.05, 4.69) is 0 Å². The monoisotopic (exact) mass is 388 g/mol. The van der Waals surface area contributed by atoms with E-state index >= 15 is 0 Å². The highest BCUT2D eigenvalue weighted by atomic mass is 31.2. The number of esters is 1. The Balaban J connectivity index is 5.84. The molecule has 144 valence electrons. The Kier molecular flexibility index (Phi) is 10.6. The summed E-state index contributed by atoms with van der Waals surface area (Å²) in [5.41, 5.74) is 0. The van der Waals surface area contributed by atoms with Crippen LogP contribution in [0.15, 0.2) is 0 Å². The molecule has 10 heteroatoms. The van der Waals surface area contributed by atoms with Crippen LogP contribution in [0.5, 0.6) is 0 Å². The van der Waals surface area contributed by atoms with Gasteiger partial charge >= 0.3 is 21.2 Å². The summed E-state index contributed by atoms with van der Waals surface area (Å²) >= 11 is 0. The van der Waals surface area contributed by atoms with Crippen LogP contribution in [0.3, 0.4) is 0 Å². The summed E-state index contributed by atoms with van der Waals surface area (Å²) in [6, 6.07) is 0. The van der Waals surface area contributed by atoms with Gasteiger partial charge in [0, 0.05) is 0 Å². The molecule has 0 aliphatic carbocycles. The van der Waals surface area contributed by atoms with Crippen molar-refractivity contribution >= 4 is 21.2 Å². The Morgan fingerprint density at radius 1 is 0.917 bits per heavy atom. The predicted molar refractivity (Wildman–Crippen MR) is 91.0 cm³/mol. The molecule has 8 nitrogen and oxygen atoms in total. The topological polar surface area (TPSA) is 119 Å². The molecular weight excluding hydrogens is 358 g/mol. The molecule has 0 radical (unpaired) electrons. The minimum absolute atomic E-state index is 0.107. The summed E-state index contributed by atoms with van der Waals surface area (Å²) < 4.78 is 40.3. The molecule has 2 N–H and O–H groups in total. The average Bonchev–Trinajstić information content (AvgIpc) is 2.48. The quantitative estimate of drug-likeness (QED) is 0.279. The summed E-state index contributed by atoms with van der Waals surface area (Å²) in [5.74, 6) is -1.25. The van der Waals surface area contributed by atoms with Gasteiger partial charge in [-0.2, -0.15) is 0 Å². The van der Waals surface area contributed by atoms with E-state index in [4.69, 9.17) is 13.8 Å². The lowest BCUT2D eigenvalue weighted by Crippen LogP contribution is -2.41. The van der Waals surface area contributed by atoms with E-state index in [1.165, 1.54) is 13.8 Å². The maximum atomic E-state index is 12.8. The molecule has 0 saturated heterocycles. The van der Waals surface area contributed by atoms with Gasteiger partial charge in [-0.3, -0.25) is 13.9 Å². The maximum Gasteiger partial charge on any atom is 0.357 e. The molecule has 24 heavy (non-hydrogen) atoms. The normalized spacial score (nSPS) is 19.1. The van der Waals surface area contributed by atoms with Gasteiger partial charge in [0.15, 0.2) is 0 Å². The molecule has 0 aliphatic heterocycles. The van der Waals surface area contributed by atoms with Crippen LogP contribution in [-0.4, -0.2) is 40.5 Å². The fraction of sp³-hybridized carbons (Fsp3) is 0.929. The van der Waals surface area contributed by atoms with Crippen molar-refractivity contribution in [3.63, 3.8) is 0 Å². The number of hydrogen-bond acceptors (Lipinski definition) is 6. The number of unbranched alkanes of at least 4 members (excludes halogenated alkanes) is 2. The highest BCUT2D eigenvalue weighted by molar-refractivity contribution is 7.75. The first-order valence-electron chi connectivity index (χ1n) is 8.28. The van der Waals surface area contributed by atoms with Crippen LogP contribution in [-0.2, 0) is 27.7 Å². The molecule has 2 atom stereocenters. The molecule has 0 saturated carbocycles. The molecular formula is C14H30O8P2. The van der Waals surface area contributed by atoms with Gasteiger partial charge in [0.25, 0.3) is 4.90 Å². The number of carbonyl (C=O) groups excluding carboxylic acids is 1. The molecule has 0 heterocycles. The van der Waals surface area contributed by atoms with Crippen LogP contribution in [0.2, 0.25) is 0 Å². The fourth-order valence-corrected chi connectivity index (χ4v) is 6.25. The number of ether oxygens (including phenoxy) is 1. The van der Waals surface area contributed by atoms with Crippen molar-refractivity contribution < 1.29 is 37.5 Å². The van der Waals surface area contributed by atoms with Crippen LogP contribution in [0.25, 0.3) is 0 Å². The van der Waals surface area contributed by atoms with E-state index < -0.39 is 32.5 Å². The average molecular weight is 388 g/mol. The van der Waals surface area contributed by atoms with Crippen molar-refractivity contribution in [3.05, 3.63) is 0 Å². The van der Waals surface area contributed by atoms with Gasteiger partial charge in [0.05, 0.1) is 19.8 Å². The summed E-state index contributed by atoms with van der Waals surface area (Å²) in [4.78, 5) is 30.5. The van der Waals surface area contributed by atoms with Gasteiger partial charge in [0.2, 0.25) is 0 Å². The van der Waals surface area contributed by atoms with Gasteiger partial charge in [-0.15, -0.1) is 0 Å². The third-order valence-corrected chi connectivity index (χ3v) is 9.01. The van der Waals surface area contributed by atoms with Gasteiger partial charge in [-0.1, -0.05) is 33.6 Å². The summed E-state index contributed by atoms with van der Waals surface area (Å²) in [6.45, 7) is 6.24. The second-order valence-electron chi connectivity index (χ2n) is 5.31. The Labute approximate surface area is 144 Å². The lowest BCUT2D eigenvalue weighted by Gasteiger charge is -2.35. The SMILES string of the molecule is CCCCOP(=O)(O)C(CC)(C(=O)OCC)P(=O)(O)OCCCC. The number of carbonyl (C=O) groups is 1. The molecule has 0 aromatic heterocycles. The fourth-order valence-electron chi connectivity index (χ4n) is 2.06. The van der Waals surface area contributed by atoms with Gasteiger partial charge in [-0.05, 0) is 26.2 Å². The Bertz CT molecular complexity index is 449. The first kappa shape index (κ1) is 23.8. The number of hydrogen-bond donors (Lipinski definition) is 2. The van der Waals surface area contributed by atoms with Crippen LogP contribution in [0.1, 0.15) is 59.8 Å². The zero-order valence-electron chi connectivity index (χ0n) is 14.9. The lowest BCUT2D eigenvalue weighted by molar-refractivity contribution is -0.145. The summed E-state index contributed by atoms with van der Waals surface area (Å²) in [5, 5.41) is 0. The largest absolute Gasteiger partial charge is 0.465 e. The van der Waals surface area contributed by atoms with Crippen molar-refractivity contribution in [3.8, 4) is 0 Å². The first-order valence-corrected chi connectivity index (χ1v) is 11.4. The van der Waals surface area contributed by atoms with Crippen molar-refractivity contribution in [2.24, 2.45) is 0 Å². The third-order valence-electron chi connectivity index (χ3n) is 3.56. The Morgan fingerprint density at radius 2 is 1.33 bits per heavy atom. The standard InChI is InChI=1S/C14H30O8P2/c1-5-9-11-21-23(16,17)14(7-3,13(15)20-8-4)24(18,19)22-12-10-6-2/h5-12H2,1-4H3,(H,16,17)(H,18,19). The zero-order chi connectivity index (χ0) is 18.9. The highest BCUT2D eigenvalue weighted by Crippen LogP contribution is 2.75. The lowest BCUT2D eigenvalue weighted by atomic mass is 10.3. The molecule has 0 aromatic rings. The number of rotatable bonds is 13. The van der Waals surface area contributed by atoms with Crippen LogP contribution in [0, 0.1) is 0 Å². The van der Waals surface area contributed by atoms with E-state index in [-0.39, 0.29) is 19.8 Å². The van der Waals surface area contributed by atoms with Gasteiger partial charge in [-0.25, -0.2) is 0 Å². The molecule has 0 amide bonds. The smallest absolute Gasteiger partial charge is 0.357 e. The molecule has 0 aromatic carbocycles. The molecule has 0 aliphatic rings. The molecule has 0 rings (SSSR count). The summed E-state index contributed by atoms with van der Waals surface area (Å²) in [6.07, 6.45) is 1.91. The van der Waals surface area contributed by atoms with Crippen molar-refractivity contribution in [1.29, 1.82) is 0 Å². The second kappa shape index (κ2) is 10.7. The molecule has 0 bridgehead atoms. The van der Waals surface area contributed by atoms with E-state index in [0.717, 1.165) is 0 Å². The molecule has 2 unspecified atom stereocenters. The van der Waals surface area contributed by atoms with E-state index in [1.54, 1.807) is 0 Å². The van der Waals surface area contributed by atoms with Crippen molar-refractivity contribution in [1.82, 2.24) is 0 Å². The van der Waals surface area contributed by atoms with Gasteiger partial charge < -0.3 is 23.6 Å². The van der Waals surface area contributed by atoms with Crippen molar-refractivity contribution in [2.75, 3.05) is 19.8 Å². The molecule has 0 fully saturated rings. The maximum absolute atomic E-state index is 12.8. The Hall–Kier alpha value is -0.230. The van der Waals surface area contributed by atoms with Crippen LogP contribution >= 0.6 is 15.2 Å². The van der Waals surface area contributed by atoms with Crippen LogP contribution < -0.4 is 0 Å². The van der Waals surface area contributed by atoms with Crippen molar-refractivity contribution in [2.45, 2.75) is 64.7 Å². The van der Waals surface area contributed by atoms with Gasteiger partial charge in [0.1, 0.15) is 0 Å². The highest BCUT2D eigenvalue weighted by Gasteiger charge is 2.68. The zero-order valence-corrected chi connectivity index (χ0v) is 16.7. The first-order chi connectivity index (χ1) is 11.2. The third kappa shape index (κ3) is 5.38.